The van der Waals surface area contributed by atoms with Gasteiger partial charge in [-0.3, -0.25) is 0 Å². The van der Waals surface area contributed by atoms with E-state index < -0.39 is 0 Å². The lowest BCUT2D eigenvalue weighted by atomic mass is 10.3. The molecule has 4 nitrogen and oxygen atoms in total. The van der Waals surface area contributed by atoms with Crippen LogP contribution < -0.4 is 5.32 Å². The zero-order chi connectivity index (χ0) is 13.4. The van der Waals surface area contributed by atoms with Gasteiger partial charge in [-0.2, -0.15) is 11.8 Å². The van der Waals surface area contributed by atoms with Gasteiger partial charge >= 0.3 is 5.97 Å². The largest absolute Gasteiger partial charge is 0.461 e. The second-order valence-electron chi connectivity index (χ2n) is 3.77. The molecule has 1 rings (SSSR count). The van der Waals surface area contributed by atoms with Crippen molar-refractivity contribution in [2.24, 2.45) is 0 Å². The van der Waals surface area contributed by atoms with Gasteiger partial charge in [-0.1, -0.05) is 0 Å². The van der Waals surface area contributed by atoms with E-state index in [-0.39, 0.29) is 5.97 Å². The third kappa shape index (κ3) is 4.86. The molecule has 0 saturated carbocycles. The van der Waals surface area contributed by atoms with Crippen LogP contribution >= 0.6 is 23.1 Å². The molecule has 1 N–H and O–H groups in total. The summed E-state index contributed by atoms with van der Waals surface area (Å²) < 4.78 is 4.95. The molecule has 18 heavy (non-hydrogen) atoms. The van der Waals surface area contributed by atoms with Gasteiger partial charge in [0.15, 0.2) is 10.8 Å². The van der Waals surface area contributed by atoms with E-state index in [1.54, 1.807) is 6.92 Å². The Bertz CT molecular complexity index is 380. The van der Waals surface area contributed by atoms with E-state index in [1.165, 1.54) is 23.5 Å². The topological polar surface area (TPSA) is 51.2 Å². The molecule has 1 heterocycles. The van der Waals surface area contributed by atoms with Crippen molar-refractivity contribution in [1.82, 2.24) is 4.98 Å². The van der Waals surface area contributed by atoms with Crippen LogP contribution in [0.5, 0.6) is 0 Å². The summed E-state index contributed by atoms with van der Waals surface area (Å²) in [5.41, 5.74) is 0.438. The predicted molar refractivity (Wildman–Crippen MR) is 78.9 cm³/mol. The molecule has 0 bridgehead atoms. The number of carbonyl (C=O) groups excluding carboxylic acids is 1. The number of unbranched alkanes of at least 4 members (excludes halogenated alkanes) is 1. The molecule has 1 aromatic rings. The van der Waals surface area contributed by atoms with E-state index in [1.807, 2.05) is 18.7 Å². The van der Waals surface area contributed by atoms with Crippen molar-refractivity contribution < 1.29 is 9.53 Å². The highest BCUT2D eigenvalue weighted by atomic mass is 32.2. The fourth-order valence-corrected chi connectivity index (χ4v) is 2.75. The Kier molecular flexibility index (Phi) is 7.12. The second-order valence-corrected chi connectivity index (χ2v) is 5.96. The van der Waals surface area contributed by atoms with E-state index in [9.17, 15) is 4.79 Å². The summed E-state index contributed by atoms with van der Waals surface area (Å²) in [6.45, 7) is 4.97. The minimum absolute atomic E-state index is 0.332. The third-order valence-electron chi connectivity index (χ3n) is 2.32. The normalized spacial score (nSPS) is 10.4. The molecule has 102 valence electrons. The molecule has 0 atom stereocenters. The van der Waals surface area contributed by atoms with Crippen LogP contribution in [-0.2, 0) is 4.74 Å². The van der Waals surface area contributed by atoms with E-state index >= 15 is 0 Å². The van der Waals surface area contributed by atoms with Gasteiger partial charge in [-0.25, -0.2) is 9.78 Å². The van der Waals surface area contributed by atoms with Crippen molar-refractivity contribution in [3.63, 3.8) is 0 Å². The van der Waals surface area contributed by atoms with Crippen molar-refractivity contribution in [2.45, 2.75) is 26.7 Å². The Balaban J connectivity index is 2.43. The lowest BCUT2D eigenvalue weighted by Crippen LogP contribution is -2.07. The van der Waals surface area contributed by atoms with E-state index in [0.717, 1.165) is 23.0 Å². The van der Waals surface area contributed by atoms with Crippen LogP contribution in [0.2, 0.25) is 0 Å². The fraction of sp³-hybridized carbons (Fsp3) is 0.667. The van der Waals surface area contributed by atoms with Crippen LogP contribution in [0.4, 0.5) is 5.13 Å². The molecule has 0 spiro atoms. The number of carbonyl (C=O) groups is 1. The van der Waals surface area contributed by atoms with Crippen LogP contribution in [0.15, 0.2) is 0 Å². The van der Waals surface area contributed by atoms with Gasteiger partial charge in [-0.05, 0) is 38.7 Å². The standard InChI is InChI=1S/C12H20N2O2S2/c1-4-16-11(15)10-9(2)18-12(14-10)13-7-5-6-8-17-3/h4-8H2,1-3H3,(H,13,14). The van der Waals surface area contributed by atoms with Gasteiger partial charge < -0.3 is 10.1 Å². The number of hydrogen-bond acceptors (Lipinski definition) is 6. The number of thioether (sulfide) groups is 1. The van der Waals surface area contributed by atoms with Crippen LogP contribution in [0.1, 0.15) is 35.1 Å². The summed E-state index contributed by atoms with van der Waals surface area (Å²) in [6.07, 6.45) is 4.43. The highest BCUT2D eigenvalue weighted by Gasteiger charge is 2.15. The maximum atomic E-state index is 11.6. The van der Waals surface area contributed by atoms with Crippen molar-refractivity contribution in [2.75, 3.05) is 30.5 Å². The SMILES string of the molecule is CCOC(=O)c1nc(NCCCCSC)sc1C. The first kappa shape index (κ1) is 15.3. The molecular weight excluding hydrogens is 268 g/mol. The van der Waals surface area contributed by atoms with Gasteiger partial charge in [0.1, 0.15) is 0 Å². The maximum Gasteiger partial charge on any atom is 0.358 e. The van der Waals surface area contributed by atoms with E-state index in [2.05, 4.69) is 16.6 Å². The van der Waals surface area contributed by atoms with Crippen LogP contribution in [0.25, 0.3) is 0 Å². The van der Waals surface area contributed by atoms with Gasteiger partial charge in [0, 0.05) is 11.4 Å². The summed E-state index contributed by atoms with van der Waals surface area (Å²) >= 11 is 3.37. The van der Waals surface area contributed by atoms with Gasteiger partial charge in [0.05, 0.1) is 6.61 Å². The Morgan fingerprint density at radius 3 is 2.94 bits per heavy atom. The number of aryl methyl sites for hydroxylation is 1. The van der Waals surface area contributed by atoms with Crippen molar-refractivity contribution in [3.8, 4) is 0 Å². The van der Waals surface area contributed by atoms with Crippen LogP contribution in [-0.4, -0.2) is 36.1 Å². The van der Waals surface area contributed by atoms with Crippen molar-refractivity contribution >= 4 is 34.2 Å². The van der Waals surface area contributed by atoms with Crippen molar-refractivity contribution in [3.05, 3.63) is 10.6 Å². The number of anilines is 1. The Morgan fingerprint density at radius 2 is 2.28 bits per heavy atom. The minimum Gasteiger partial charge on any atom is -0.461 e. The zero-order valence-corrected chi connectivity index (χ0v) is 12.7. The van der Waals surface area contributed by atoms with Crippen molar-refractivity contribution in [1.29, 1.82) is 0 Å². The first-order valence-corrected chi connectivity index (χ1v) is 8.27. The van der Waals surface area contributed by atoms with Gasteiger partial charge in [-0.15, -0.1) is 11.3 Å². The molecule has 0 amide bonds. The highest BCUT2D eigenvalue weighted by molar-refractivity contribution is 7.98. The fourth-order valence-electron chi connectivity index (χ4n) is 1.43. The van der Waals surface area contributed by atoms with E-state index in [0.29, 0.717) is 12.3 Å². The molecule has 0 radical (unpaired) electrons. The number of aromatic nitrogens is 1. The van der Waals surface area contributed by atoms with Crippen LogP contribution in [0, 0.1) is 6.92 Å². The zero-order valence-electron chi connectivity index (χ0n) is 11.1. The monoisotopic (exact) mass is 288 g/mol. The number of rotatable bonds is 8. The first-order chi connectivity index (χ1) is 8.69. The summed E-state index contributed by atoms with van der Waals surface area (Å²) in [4.78, 5) is 16.8. The first-order valence-electron chi connectivity index (χ1n) is 6.06. The second kappa shape index (κ2) is 8.37. The smallest absolute Gasteiger partial charge is 0.358 e. The molecular formula is C12H20N2O2S2. The third-order valence-corrected chi connectivity index (χ3v) is 3.94. The molecule has 0 aliphatic heterocycles. The number of hydrogen-bond donors (Lipinski definition) is 1. The summed E-state index contributed by atoms with van der Waals surface area (Å²) in [6, 6.07) is 0. The average Bonchev–Trinajstić information content (AvgIpc) is 2.71. The van der Waals surface area contributed by atoms with Crippen LogP contribution in [0.3, 0.4) is 0 Å². The number of ether oxygens (including phenoxy) is 1. The number of esters is 1. The maximum absolute atomic E-state index is 11.6. The van der Waals surface area contributed by atoms with Gasteiger partial charge in [0.25, 0.3) is 0 Å². The molecule has 0 aliphatic rings. The molecule has 0 saturated heterocycles. The molecule has 6 heteroatoms. The van der Waals surface area contributed by atoms with Gasteiger partial charge in [0.2, 0.25) is 0 Å². The minimum atomic E-state index is -0.332. The quantitative estimate of drug-likeness (QED) is 0.588. The lowest BCUT2D eigenvalue weighted by molar-refractivity contribution is 0.0519. The molecule has 0 aromatic carbocycles. The Hall–Kier alpha value is -0.750. The number of nitrogens with one attached hydrogen (secondary N) is 1. The molecule has 1 aromatic heterocycles. The summed E-state index contributed by atoms with van der Waals surface area (Å²) in [7, 11) is 0. The number of thiazole rings is 1. The summed E-state index contributed by atoms with van der Waals surface area (Å²) in [5.74, 6) is 0.855. The highest BCUT2D eigenvalue weighted by Crippen LogP contribution is 2.22. The summed E-state index contributed by atoms with van der Waals surface area (Å²) in [5, 5.41) is 4.06. The van der Waals surface area contributed by atoms with E-state index in [4.69, 9.17) is 4.74 Å². The number of nitrogens with zero attached hydrogens (tertiary/aromatic N) is 1. The molecule has 0 fully saturated rings. The average molecular weight is 288 g/mol. The predicted octanol–water partition coefficient (Wildman–Crippen LogP) is 3.18. The molecule has 0 aliphatic carbocycles. The lowest BCUT2D eigenvalue weighted by Gasteiger charge is -2.01. The molecule has 0 unspecified atom stereocenters. The Morgan fingerprint density at radius 1 is 1.50 bits per heavy atom. The Labute approximate surface area is 117 Å².